The molecular formula is C17H14BrF2N3O3S. The van der Waals surface area contributed by atoms with Gasteiger partial charge in [0.25, 0.3) is 15.6 Å². The van der Waals surface area contributed by atoms with Crippen molar-refractivity contribution >= 4 is 31.6 Å². The third kappa shape index (κ3) is 3.42. The molecule has 0 atom stereocenters. The van der Waals surface area contributed by atoms with Crippen molar-refractivity contribution in [2.75, 3.05) is 4.72 Å². The molecule has 0 fully saturated rings. The molecule has 2 aromatic carbocycles. The Bertz CT molecular complexity index is 1170. The van der Waals surface area contributed by atoms with Crippen LogP contribution in [0.3, 0.4) is 0 Å². The molecule has 0 aliphatic carbocycles. The molecule has 0 unspecified atom stereocenters. The van der Waals surface area contributed by atoms with Gasteiger partial charge < -0.3 is 0 Å². The van der Waals surface area contributed by atoms with Crippen molar-refractivity contribution in [3.8, 4) is 5.69 Å². The summed E-state index contributed by atoms with van der Waals surface area (Å²) in [6.45, 7) is 1.55. The van der Waals surface area contributed by atoms with E-state index in [0.717, 1.165) is 6.07 Å². The molecule has 0 spiro atoms. The quantitative estimate of drug-likeness (QED) is 0.652. The van der Waals surface area contributed by atoms with E-state index in [1.54, 1.807) is 44.3 Å². The molecule has 0 radical (unpaired) electrons. The predicted octanol–water partition coefficient (Wildman–Crippen LogP) is 3.33. The Labute approximate surface area is 162 Å². The number of halogens is 3. The molecule has 3 rings (SSSR count). The normalized spacial score (nSPS) is 11.6. The molecule has 0 aliphatic heterocycles. The summed E-state index contributed by atoms with van der Waals surface area (Å²) in [5.41, 5.74) is 0.0131. The first kappa shape index (κ1) is 19.3. The second kappa shape index (κ2) is 6.93. The Morgan fingerprint density at radius 3 is 2.33 bits per heavy atom. The van der Waals surface area contributed by atoms with Gasteiger partial charge in [0.2, 0.25) is 0 Å². The molecular weight excluding hydrogens is 444 g/mol. The van der Waals surface area contributed by atoms with Crippen LogP contribution < -0.4 is 10.3 Å². The fourth-order valence-electron chi connectivity index (χ4n) is 2.66. The minimum absolute atomic E-state index is 0.225. The van der Waals surface area contributed by atoms with E-state index in [2.05, 4.69) is 20.7 Å². The molecule has 142 valence electrons. The van der Waals surface area contributed by atoms with Crippen LogP contribution in [0.1, 0.15) is 5.69 Å². The van der Waals surface area contributed by atoms with Gasteiger partial charge >= 0.3 is 0 Å². The Morgan fingerprint density at radius 2 is 1.74 bits per heavy atom. The molecule has 27 heavy (non-hydrogen) atoms. The number of benzene rings is 2. The summed E-state index contributed by atoms with van der Waals surface area (Å²) in [6, 6.07) is 9.92. The first-order valence-corrected chi connectivity index (χ1v) is 9.92. The summed E-state index contributed by atoms with van der Waals surface area (Å²) in [5.74, 6) is -2.20. The van der Waals surface area contributed by atoms with Crippen LogP contribution in [-0.4, -0.2) is 17.8 Å². The van der Waals surface area contributed by atoms with Gasteiger partial charge in [0.1, 0.15) is 22.2 Å². The fraction of sp³-hybridized carbons (Fsp3) is 0.118. The van der Waals surface area contributed by atoms with Crippen molar-refractivity contribution < 1.29 is 17.2 Å². The van der Waals surface area contributed by atoms with Crippen LogP contribution in [-0.2, 0) is 17.1 Å². The van der Waals surface area contributed by atoms with Gasteiger partial charge in [0.15, 0.2) is 0 Å². The molecule has 0 bridgehead atoms. The smallest absolute Gasteiger partial charge is 0.283 e. The summed E-state index contributed by atoms with van der Waals surface area (Å²) in [4.78, 5) is 12.0. The molecule has 1 aromatic heterocycles. The minimum Gasteiger partial charge on any atom is -0.283 e. The summed E-state index contributed by atoms with van der Waals surface area (Å²) >= 11 is 2.85. The average Bonchev–Trinajstić information content (AvgIpc) is 2.77. The van der Waals surface area contributed by atoms with Crippen molar-refractivity contribution in [1.82, 2.24) is 9.36 Å². The maximum absolute atomic E-state index is 14.1. The van der Waals surface area contributed by atoms with Crippen LogP contribution in [0.25, 0.3) is 5.69 Å². The van der Waals surface area contributed by atoms with Crippen molar-refractivity contribution in [2.45, 2.75) is 11.8 Å². The summed E-state index contributed by atoms with van der Waals surface area (Å²) in [6.07, 6.45) is 0. The molecule has 3 aromatic rings. The SMILES string of the molecule is Cc1c(NS(=O)(=O)c2c(F)cc(F)cc2Br)c(=O)n(-c2ccccc2)n1C. The number of nitrogens with one attached hydrogen (secondary N) is 1. The largest absolute Gasteiger partial charge is 0.296 e. The third-order valence-electron chi connectivity index (χ3n) is 4.02. The second-order valence-corrected chi connectivity index (χ2v) is 8.21. The summed E-state index contributed by atoms with van der Waals surface area (Å²) < 4.78 is 57.2. The number of hydrogen-bond donors (Lipinski definition) is 1. The highest BCUT2D eigenvalue weighted by molar-refractivity contribution is 9.10. The molecule has 0 saturated carbocycles. The number of para-hydroxylation sites is 1. The monoisotopic (exact) mass is 457 g/mol. The standard InChI is InChI=1S/C17H14BrF2N3O3S/c1-10-15(17(24)23(22(10)2)12-6-4-3-5-7-12)21-27(25,26)16-13(18)8-11(19)9-14(16)20/h3-9,21H,1-2H3. The highest BCUT2D eigenvalue weighted by Crippen LogP contribution is 2.28. The molecule has 1 heterocycles. The first-order valence-electron chi connectivity index (χ1n) is 7.65. The van der Waals surface area contributed by atoms with E-state index >= 15 is 0 Å². The number of sulfonamides is 1. The Kier molecular flexibility index (Phi) is 4.96. The van der Waals surface area contributed by atoms with Crippen molar-refractivity contribution in [1.29, 1.82) is 0 Å². The van der Waals surface area contributed by atoms with Gasteiger partial charge in [-0.1, -0.05) is 18.2 Å². The summed E-state index contributed by atoms with van der Waals surface area (Å²) in [7, 11) is -2.89. The highest BCUT2D eigenvalue weighted by Gasteiger charge is 2.27. The van der Waals surface area contributed by atoms with Gasteiger partial charge in [0.05, 0.1) is 11.4 Å². The Hall–Kier alpha value is -2.46. The lowest BCUT2D eigenvalue weighted by Crippen LogP contribution is -2.23. The molecule has 0 aliphatic rings. The van der Waals surface area contributed by atoms with Crippen molar-refractivity contribution in [2.24, 2.45) is 7.05 Å². The Morgan fingerprint density at radius 1 is 1.11 bits per heavy atom. The lowest BCUT2D eigenvalue weighted by molar-refractivity contribution is 0.548. The number of aromatic nitrogens is 2. The Balaban J connectivity index is 2.14. The van der Waals surface area contributed by atoms with E-state index in [9.17, 15) is 22.0 Å². The average molecular weight is 458 g/mol. The van der Waals surface area contributed by atoms with E-state index in [4.69, 9.17) is 0 Å². The van der Waals surface area contributed by atoms with Gasteiger partial charge in [-0.2, -0.15) is 0 Å². The second-order valence-electron chi connectivity index (χ2n) is 5.74. The van der Waals surface area contributed by atoms with Crippen LogP contribution in [0.2, 0.25) is 0 Å². The predicted molar refractivity (Wildman–Crippen MR) is 101 cm³/mol. The van der Waals surface area contributed by atoms with Crippen LogP contribution in [0.5, 0.6) is 0 Å². The van der Waals surface area contributed by atoms with Gasteiger partial charge in [0, 0.05) is 17.6 Å². The maximum atomic E-state index is 14.1. The number of rotatable bonds is 4. The van der Waals surface area contributed by atoms with Gasteiger partial charge in [-0.15, -0.1) is 0 Å². The van der Waals surface area contributed by atoms with Crippen LogP contribution >= 0.6 is 15.9 Å². The van der Waals surface area contributed by atoms with Crippen LogP contribution in [0.4, 0.5) is 14.5 Å². The minimum atomic E-state index is -4.49. The molecule has 10 heteroatoms. The van der Waals surface area contributed by atoms with E-state index in [1.165, 1.54) is 9.36 Å². The van der Waals surface area contributed by atoms with E-state index in [1.807, 2.05) is 0 Å². The van der Waals surface area contributed by atoms with Crippen molar-refractivity contribution in [3.05, 3.63) is 74.6 Å². The molecule has 1 N–H and O–H groups in total. The zero-order valence-corrected chi connectivity index (χ0v) is 16.6. The third-order valence-corrected chi connectivity index (χ3v) is 6.34. The van der Waals surface area contributed by atoms with E-state index in [0.29, 0.717) is 17.4 Å². The summed E-state index contributed by atoms with van der Waals surface area (Å²) in [5, 5.41) is 0. The number of nitrogens with zero attached hydrogens (tertiary/aromatic N) is 2. The van der Waals surface area contributed by atoms with Crippen molar-refractivity contribution in [3.63, 3.8) is 0 Å². The first-order chi connectivity index (χ1) is 12.6. The van der Waals surface area contributed by atoms with Gasteiger partial charge in [-0.05, 0) is 41.1 Å². The molecule has 0 saturated heterocycles. The molecule has 0 amide bonds. The van der Waals surface area contributed by atoms with Crippen LogP contribution in [0.15, 0.2) is 56.6 Å². The van der Waals surface area contributed by atoms with Crippen LogP contribution in [0, 0.1) is 18.6 Å². The number of hydrogen-bond acceptors (Lipinski definition) is 3. The number of anilines is 1. The lowest BCUT2D eigenvalue weighted by atomic mass is 10.3. The van der Waals surface area contributed by atoms with Gasteiger partial charge in [-0.25, -0.2) is 21.9 Å². The van der Waals surface area contributed by atoms with E-state index in [-0.39, 0.29) is 10.2 Å². The topological polar surface area (TPSA) is 73.1 Å². The van der Waals surface area contributed by atoms with Gasteiger partial charge in [-0.3, -0.25) is 14.2 Å². The van der Waals surface area contributed by atoms with E-state index < -0.39 is 32.1 Å². The zero-order valence-electron chi connectivity index (χ0n) is 14.2. The zero-order chi connectivity index (χ0) is 19.9. The lowest BCUT2D eigenvalue weighted by Gasteiger charge is -2.10. The fourth-order valence-corrected chi connectivity index (χ4v) is 4.94. The molecule has 6 nitrogen and oxygen atoms in total. The maximum Gasteiger partial charge on any atom is 0.296 e. The highest BCUT2D eigenvalue weighted by atomic mass is 79.9.